The minimum absolute atomic E-state index is 0.00753. The van der Waals surface area contributed by atoms with Crippen LogP contribution in [0, 0.1) is 12.8 Å². The van der Waals surface area contributed by atoms with Crippen LogP contribution in [-0.4, -0.2) is 16.8 Å². The van der Waals surface area contributed by atoms with Gasteiger partial charge in [0.05, 0.1) is 5.69 Å². The second-order valence-corrected chi connectivity index (χ2v) is 6.94. The lowest BCUT2D eigenvalue weighted by molar-refractivity contribution is -0.117. The number of halogens is 1. The first-order valence-electron chi connectivity index (χ1n) is 7.34. The largest absolute Gasteiger partial charge is 0.347 e. The number of benzene rings is 1. The van der Waals surface area contributed by atoms with E-state index in [0.717, 1.165) is 18.4 Å². The molecule has 2 N–H and O–H groups in total. The van der Waals surface area contributed by atoms with Crippen molar-refractivity contribution in [1.82, 2.24) is 10.3 Å². The summed E-state index contributed by atoms with van der Waals surface area (Å²) in [7, 11) is 0. The van der Waals surface area contributed by atoms with Crippen LogP contribution in [0.4, 0.5) is 5.13 Å². The van der Waals surface area contributed by atoms with Gasteiger partial charge in [-0.3, -0.25) is 9.59 Å². The Balaban J connectivity index is 1.61. The summed E-state index contributed by atoms with van der Waals surface area (Å²) in [5.74, 6) is -0.0878. The van der Waals surface area contributed by atoms with Gasteiger partial charge < -0.3 is 10.6 Å². The van der Waals surface area contributed by atoms with Gasteiger partial charge in [0.15, 0.2) is 5.13 Å². The summed E-state index contributed by atoms with van der Waals surface area (Å²) < 4.78 is 0. The van der Waals surface area contributed by atoms with Crippen LogP contribution in [0.5, 0.6) is 0 Å². The van der Waals surface area contributed by atoms with Crippen molar-refractivity contribution in [3.05, 3.63) is 45.4 Å². The van der Waals surface area contributed by atoms with Crippen molar-refractivity contribution in [1.29, 1.82) is 0 Å². The molecule has 0 radical (unpaired) electrons. The Morgan fingerprint density at radius 1 is 1.30 bits per heavy atom. The van der Waals surface area contributed by atoms with Crippen LogP contribution in [0.25, 0.3) is 0 Å². The predicted molar refractivity (Wildman–Crippen MR) is 90.8 cm³/mol. The van der Waals surface area contributed by atoms with Crippen molar-refractivity contribution in [2.24, 2.45) is 5.92 Å². The van der Waals surface area contributed by atoms with E-state index in [0.29, 0.717) is 27.3 Å². The van der Waals surface area contributed by atoms with E-state index in [1.54, 1.807) is 19.1 Å². The van der Waals surface area contributed by atoms with Gasteiger partial charge in [-0.25, -0.2) is 4.98 Å². The molecular formula is C16H16ClN3O2S. The standard InChI is InChI=1S/C16H16ClN3O2S/c1-9-13(23-16(19-9)20-14(21)11-4-5-11)15(22)18-8-10-2-6-12(17)7-3-10/h2-3,6-7,11H,4-5,8H2,1H3,(H,18,22)(H,19,20,21). The molecule has 0 spiro atoms. The van der Waals surface area contributed by atoms with Crippen molar-refractivity contribution >= 4 is 39.9 Å². The van der Waals surface area contributed by atoms with Gasteiger partial charge in [0.25, 0.3) is 5.91 Å². The molecule has 1 aliphatic rings. The topological polar surface area (TPSA) is 71.1 Å². The summed E-state index contributed by atoms with van der Waals surface area (Å²) in [4.78, 5) is 28.8. The Kier molecular flexibility index (Phi) is 4.63. The molecule has 0 aliphatic heterocycles. The molecule has 1 aromatic carbocycles. The van der Waals surface area contributed by atoms with E-state index in [-0.39, 0.29) is 17.7 Å². The van der Waals surface area contributed by atoms with Crippen LogP contribution in [0.15, 0.2) is 24.3 Å². The van der Waals surface area contributed by atoms with Crippen LogP contribution >= 0.6 is 22.9 Å². The Morgan fingerprint density at radius 2 is 2.00 bits per heavy atom. The van der Waals surface area contributed by atoms with Crippen molar-refractivity contribution in [3.8, 4) is 0 Å². The lowest BCUT2D eigenvalue weighted by Gasteiger charge is -2.04. The van der Waals surface area contributed by atoms with Crippen LogP contribution in [0.3, 0.4) is 0 Å². The number of nitrogens with zero attached hydrogens (tertiary/aromatic N) is 1. The van der Waals surface area contributed by atoms with Crippen molar-refractivity contribution in [2.45, 2.75) is 26.3 Å². The molecule has 1 aromatic heterocycles. The number of anilines is 1. The van der Waals surface area contributed by atoms with E-state index in [9.17, 15) is 9.59 Å². The van der Waals surface area contributed by atoms with Crippen LogP contribution < -0.4 is 10.6 Å². The molecule has 1 fully saturated rings. The molecule has 1 aliphatic carbocycles. The summed E-state index contributed by atoms with van der Waals surface area (Å²) in [6.45, 7) is 2.18. The molecule has 23 heavy (non-hydrogen) atoms. The highest BCUT2D eigenvalue weighted by molar-refractivity contribution is 7.17. The van der Waals surface area contributed by atoms with E-state index in [4.69, 9.17) is 11.6 Å². The monoisotopic (exact) mass is 349 g/mol. The molecule has 1 saturated carbocycles. The highest BCUT2D eigenvalue weighted by Gasteiger charge is 2.30. The first kappa shape index (κ1) is 16.0. The normalized spacial score (nSPS) is 13.7. The van der Waals surface area contributed by atoms with Gasteiger partial charge in [-0.1, -0.05) is 35.1 Å². The third-order valence-electron chi connectivity index (χ3n) is 3.55. The molecule has 0 bridgehead atoms. The van der Waals surface area contributed by atoms with Crippen molar-refractivity contribution in [3.63, 3.8) is 0 Å². The fourth-order valence-corrected chi connectivity index (χ4v) is 3.09. The number of hydrogen-bond donors (Lipinski definition) is 2. The molecule has 0 saturated heterocycles. The second kappa shape index (κ2) is 6.68. The van der Waals surface area contributed by atoms with E-state index < -0.39 is 0 Å². The highest BCUT2D eigenvalue weighted by Crippen LogP contribution is 2.31. The van der Waals surface area contributed by atoms with Crippen molar-refractivity contribution < 1.29 is 9.59 Å². The summed E-state index contributed by atoms with van der Waals surface area (Å²) in [6, 6.07) is 7.30. The number of nitrogens with one attached hydrogen (secondary N) is 2. The third-order valence-corrected chi connectivity index (χ3v) is 4.87. The summed E-state index contributed by atoms with van der Waals surface area (Å²) in [5, 5.41) is 6.77. The molecule has 1 heterocycles. The Labute approximate surface area is 143 Å². The SMILES string of the molecule is Cc1nc(NC(=O)C2CC2)sc1C(=O)NCc1ccc(Cl)cc1. The van der Waals surface area contributed by atoms with Gasteiger partial charge in [-0.15, -0.1) is 0 Å². The molecule has 120 valence electrons. The summed E-state index contributed by atoms with van der Waals surface area (Å²) in [5.41, 5.74) is 1.59. The lowest BCUT2D eigenvalue weighted by atomic mass is 10.2. The number of carbonyl (C=O) groups excluding carboxylic acids is 2. The molecule has 2 aromatic rings. The number of carbonyl (C=O) groups is 2. The molecule has 2 amide bonds. The number of aromatic nitrogens is 1. The molecule has 3 rings (SSSR count). The minimum Gasteiger partial charge on any atom is -0.347 e. The quantitative estimate of drug-likeness (QED) is 0.869. The van der Waals surface area contributed by atoms with Crippen molar-refractivity contribution in [2.75, 3.05) is 5.32 Å². The number of rotatable bonds is 5. The average Bonchev–Trinajstić information content (AvgIpc) is 3.31. The number of hydrogen-bond acceptors (Lipinski definition) is 4. The van der Waals surface area contributed by atoms with E-state index in [1.807, 2.05) is 12.1 Å². The van der Waals surface area contributed by atoms with E-state index in [2.05, 4.69) is 15.6 Å². The Hall–Kier alpha value is -1.92. The number of aryl methyl sites for hydroxylation is 1. The molecule has 0 unspecified atom stereocenters. The second-order valence-electron chi connectivity index (χ2n) is 5.51. The lowest BCUT2D eigenvalue weighted by Crippen LogP contribution is -2.22. The van der Waals surface area contributed by atoms with Crippen LogP contribution in [-0.2, 0) is 11.3 Å². The maximum atomic E-state index is 12.3. The predicted octanol–water partition coefficient (Wildman–Crippen LogP) is 3.38. The van der Waals surface area contributed by atoms with E-state index >= 15 is 0 Å². The van der Waals surface area contributed by atoms with Gasteiger partial charge in [-0.2, -0.15) is 0 Å². The van der Waals surface area contributed by atoms with Gasteiger partial charge in [0.2, 0.25) is 5.91 Å². The van der Waals surface area contributed by atoms with Crippen LogP contribution in [0.1, 0.15) is 33.8 Å². The van der Waals surface area contributed by atoms with Gasteiger partial charge in [0, 0.05) is 17.5 Å². The summed E-state index contributed by atoms with van der Waals surface area (Å²) >= 11 is 7.04. The average molecular weight is 350 g/mol. The Bertz CT molecular complexity index is 738. The zero-order valence-electron chi connectivity index (χ0n) is 12.6. The van der Waals surface area contributed by atoms with Gasteiger partial charge in [0.1, 0.15) is 4.88 Å². The first-order chi connectivity index (χ1) is 11.0. The molecule has 7 heteroatoms. The fraction of sp³-hybridized carbons (Fsp3) is 0.312. The van der Waals surface area contributed by atoms with Crippen LogP contribution in [0.2, 0.25) is 5.02 Å². The first-order valence-corrected chi connectivity index (χ1v) is 8.53. The van der Waals surface area contributed by atoms with Gasteiger partial charge in [-0.05, 0) is 37.5 Å². The zero-order chi connectivity index (χ0) is 16.4. The maximum absolute atomic E-state index is 12.3. The van der Waals surface area contributed by atoms with E-state index in [1.165, 1.54) is 11.3 Å². The van der Waals surface area contributed by atoms with Gasteiger partial charge >= 0.3 is 0 Å². The zero-order valence-corrected chi connectivity index (χ0v) is 14.1. The maximum Gasteiger partial charge on any atom is 0.263 e. The summed E-state index contributed by atoms with van der Waals surface area (Å²) in [6.07, 6.45) is 1.87. The smallest absolute Gasteiger partial charge is 0.263 e. The Morgan fingerprint density at radius 3 is 2.65 bits per heavy atom. The molecular weight excluding hydrogens is 334 g/mol. The number of amides is 2. The molecule has 5 nitrogen and oxygen atoms in total. The minimum atomic E-state index is -0.193. The number of thiazole rings is 1. The third kappa shape index (κ3) is 4.09. The highest BCUT2D eigenvalue weighted by atomic mass is 35.5. The molecule has 0 atom stereocenters. The fourth-order valence-electron chi connectivity index (χ4n) is 2.08.